The maximum absolute atomic E-state index is 13.8. The molecule has 1 N–H and O–H groups in total. The molecule has 1 aliphatic heterocycles. The fourth-order valence-corrected chi connectivity index (χ4v) is 4.33. The third-order valence-corrected chi connectivity index (χ3v) is 5.86. The molecule has 2 atom stereocenters. The minimum absolute atomic E-state index is 0.0131. The van der Waals surface area contributed by atoms with E-state index in [2.05, 4.69) is 0 Å². The first-order chi connectivity index (χ1) is 12.0. The summed E-state index contributed by atoms with van der Waals surface area (Å²) in [5, 5.41) is 10.2. The fraction of sp³-hybridized carbons (Fsp3) is 0.650. The number of benzene rings is 1. The molecule has 1 aliphatic carbocycles. The summed E-state index contributed by atoms with van der Waals surface area (Å²) < 4.78 is 19.3. The summed E-state index contributed by atoms with van der Waals surface area (Å²) in [4.78, 5) is 15.1. The van der Waals surface area contributed by atoms with Gasteiger partial charge in [0.1, 0.15) is 5.82 Å². The molecule has 2 unspecified atom stereocenters. The number of amides is 1. The highest BCUT2D eigenvalue weighted by Gasteiger charge is 2.44. The van der Waals surface area contributed by atoms with Gasteiger partial charge in [-0.15, -0.1) is 0 Å². The highest BCUT2D eigenvalue weighted by Crippen LogP contribution is 2.37. The molecule has 1 aromatic carbocycles. The maximum atomic E-state index is 13.8. The maximum Gasteiger partial charge on any atom is 0.233 e. The predicted octanol–water partition coefficient (Wildman–Crippen LogP) is 2.88. The van der Waals surface area contributed by atoms with Crippen LogP contribution in [0.25, 0.3) is 0 Å². The number of hydrogen-bond donors (Lipinski definition) is 1. The van der Waals surface area contributed by atoms with E-state index >= 15 is 0 Å². The molecule has 138 valence electrons. The number of carbonyl (C=O) groups excluding carboxylic acids is 1. The number of aliphatic hydroxyl groups is 1. The minimum atomic E-state index is -0.727. The van der Waals surface area contributed by atoms with Crippen molar-refractivity contribution in [2.75, 3.05) is 26.8 Å². The molecule has 1 amide bonds. The molecule has 0 spiro atoms. The fourth-order valence-electron chi connectivity index (χ4n) is 4.33. The Labute approximate surface area is 149 Å². The average molecular weight is 349 g/mol. The number of likely N-dealkylation sites (N-methyl/N-ethyl adjacent to an activating group) is 1. The minimum Gasteiger partial charge on any atom is -0.393 e. The lowest BCUT2D eigenvalue weighted by molar-refractivity contribution is -0.141. The van der Waals surface area contributed by atoms with Crippen molar-refractivity contribution < 1.29 is 19.0 Å². The number of rotatable bonds is 4. The highest BCUT2D eigenvalue weighted by molar-refractivity contribution is 5.88. The van der Waals surface area contributed by atoms with Gasteiger partial charge in [0, 0.05) is 32.7 Å². The van der Waals surface area contributed by atoms with Crippen LogP contribution in [0.3, 0.4) is 0 Å². The van der Waals surface area contributed by atoms with Crippen LogP contribution in [0.5, 0.6) is 0 Å². The van der Waals surface area contributed by atoms with Crippen LogP contribution in [0.4, 0.5) is 4.39 Å². The van der Waals surface area contributed by atoms with Crippen LogP contribution >= 0.6 is 0 Å². The Bertz CT molecular complexity index is 600. The number of halogens is 1. The topological polar surface area (TPSA) is 49.8 Å². The summed E-state index contributed by atoms with van der Waals surface area (Å²) in [6, 6.07) is 6.39. The summed E-state index contributed by atoms with van der Waals surface area (Å²) >= 11 is 0. The standard InChI is InChI=1S/C20H28FNO3/c1-22(14-15-5-2-3-8-18(15)23)19(24)20(9-11-25-12-10-20)16-6-4-7-17(21)13-16/h4,6-7,13,15,18,23H,2-3,5,8-12,14H2,1H3. The van der Waals surface area contributed by atoms with Gasteiger partial charge in [-0.1, -0.05) is 25.0 Å². The SMILES string of the molecule is CN(CC1CCCCC1O)C(=O)C1(c2cccc(F)c2)CCOCC1. The first-order valence-corrected chi connectivity index (χ1v) is 9.30. The molecule has 0 radical (unpaired) electrons. The Morgan fingerprint density at radius 3 is 2.72 bits per heavy atom. The molecule has 1 saturated carbocycles. The summed E-state index contributed by atoms with van der Waals surface area (Å²) in [6.07, 6.45) is 4.72. The molecule has 5 heteroatoms. The van der Waals surface area contributed by atoms with Gasteiger partial charge >= 0.3 is 0 Å². The molecule has 1 aromatic rings. The van der Waals surface area contributed by atoms with Gasteiger partial charge in [-0.05, 0) is 43.4 Å². The van der Waals surface area contributed by atoms with Crippen LogP contribution in [0.1, 0.15) is 44.1 Å². The van der Waals surface area contributed by atoms with Gasteiger partial charge in [-0.3, -0.25) is 4.79 Å². The second kappa shape index (κ2) is 7.83. The van der Waals surface area contributed by atoms with Crippen LogP contribution in [0.15, 0.2) is 24.3 Å². The van der Waals surface area contributed by atoms with Gasteiger partial charge in [-0.25, -0.2) is 4.39 Å². The van der Waals surface area contributed by atoms with Crippen molar-refractivity contribution in [2.45, 2.75) is 50.0 Å². The van der Waals surface area contributed by atoms with E-state index in [1.54, 1.807) is 18.0 Å². The van der Waals surface area contributed by atoms with E-state index in [4.69, 9.17) is 4.74 Å². The quantitative estimate of drug-likeness (QED) is 0.909. The van der Waals surface area contributed by atoms with Crippen LogP contribution in [-0.4, -0.2) is 48.8 Å². The Morgan fingerprint density at radius 1 is 1.32 bits per heavy atom. The highest BCUT2D eigenvalue weighted by atomic mass is 19.1. The Hall–Kier alpha value is -1.46. The number of carbonyl (C=O) groups is 1. The van der Waals surface area contributed by atoms with Gasteiger partial charge < -0.3 is 14.7 Å². The van der Waals surface area contributed by atoms with E-state index < -0.39 is 5.41 Å². The van der Waals surface area contributed by atoms with Gasteiger partial charge in [0.2, 0.25) is 5.91 Å². The van der Waals surface area contributed by atoms with Gasteiger partial charge in [0.15, 0.2) is 0 Å². The molecule has 0 bridgehead atoms. The first kappa shape index (κ1) is 18.3. The molecule has 1 saturated heterocycles. The molecule has 0 aromatic heterocycles. The molecule has 4 nitrogen and oxygen atoms in total. The molecule has 1 heterocycles. The summed E-state index contributed by atoms with van der Waals surface area (Å²) in [5.74, 6) is -0.173. The van der Waals surface area contributed by atoms with Crippen molar-refractivity contribution >= 4 is 5.91 Å². The zero-order valence-electron chi connectivity index (χ0n) is 14.9. The lowest BCUT2D eigenvalue weighted by Crippen LogP contribution is -2.50. The van der Waals surface area contributed by atoms with E-state index in [9.17, 15) is 14.3 Å². The number of nitrogens with zero attached hydrogens (tertiary/aromatic N) is 1. The van der Waals surface area contributed by atoms with Crippen LogP contribution in [0.2, 0.25) is 0 Å². The molecule has 3 rings (SSSR count). The van der Waals surface area contributed by atoms with E-state index in [1.807, 2.05) is 6.07 Å². The normalized spacial score (nSPS) is 26.2. The van der Waals surface area contributed by atoms with E-state index in [1.165, 1.54) is 12.1 Å². The first-order valence-electron chi connectivity index (χ1n) is 9.30. The lowest BCUT2D eigenvalue weighted by Gasteiger charge is -2.40. The van der Waals surface area contributed by atoms with Crippen LogP contribution in [-0.2, 0) is 14.9 Å². The number of hydrogen-bond acceptors (Lipinski definition) is 3. The smallest absolute Gasteiger partial charge is 0.233 e. The molecular weight excluding hydrogens is 321 g/mol. The lowest BCUT2D eigenvalue weighted by atomic mass is 9.72. The Balaban J connectivity index is 1.81. The van der Waals surface area contributed by atoms with E-state index in [0.717, 1.165) is 31.2 Å². The summed E-state index contributed by atoms with van der Waals surface area (Å²) in [5.41, 5.74) is 0.00573. The summed E-state index contributed by atoms with van der Waals surface area (Å²) in [6.45, 7) is 1.56. The molecule has 2 aliphatic rings. The summed E-state index contributed by atoms with van der Waals surface area (Å²) in [7, 11) is 1.81. The van der Waals surface area contributed by atoms with Gasteiger partial charge in [0.25, 0.3) is 0 Å². The third kappa shape index (κ3) is 3.87. The second-order valence-electron chi connectivity index (χ2n) is 7.50. The van der Waals surface area contributed by atoms with Crippen molar-refractivity contribution in [3.05, 3.63) is 35.6 Å². The molecule has 2 fully saturated rings. The average Bonchev–Trinajstić information content (AvgIpc) is 2.63. The zero-order chi connectivity index (χ0) is 17.9. The van der Waals surface area contributed by atoms with Crippen molar-refractivity contribution in [2.24, 2.45) is 5.92 Å². The van der Waals surface area contributed by atoms with Crippen molar-refractivity contribution in [3.63, 3.8) is 0 Å². The van der Waals surface area contributed by atoms with Crippen LogP contribution in [0, 0.1) is 11.7 Å². The number of ether oxygens (including phenoxy) is 1. The Kier molecular flexibility index (Phi) is 5.74. The monoisotopic (exact) mass is 349 g/mol. The zero-order valence-corrected chi connectivity index (χ0v) is 14.9. The third-order valence-electron chi connectivity index (χ3n) is 5.86. The number of aliphatic hydroxyl groups excluding tert-OH is 1. The molecular formula is C20H28FNO3. The van der Waals surface area contributed by atoms with Gasteiger partial charge in [-0.2, -0.15) is 0 Å². The van der Waals surface area contributed by atoms with E-state index in [0.29, 0.717) is 32.6 Å². The largest absolute Gasteiger partial charge is 0.393 e. The van der Waals surface area contributed by atoms with Crippen LogP contribution < -0.4 is 0 Å². The Morgan fingerprint density at radius 2 is 2.04 bits per heavy atom. The molecule has 25 heavy (non-hydrogen) atoms. The van der Waals surface area contributed by atoms with Crippen molar-refractivity contribution in [1.29, 1.82) is 0 Å². The predicted molar refractivity (Wildman–Crippen MR) is 93.7 cm³/mol. The van der Waals surface area contributed by atoms with Crippen molar-refractivity contribution in [3.8, 4) is 0 Å². The van der Waals surface area contributed by atoms with Gasteiger partial charge in [0.05, 0.1) is 11.5 Å². The van der Waals surface area contributed by atoms with Crippen molar-refractivity contribution in [1.82, 2.24) is 4.90 Å². The van der Waals surface area contributed by atoms with E-state index in [-0.39, 0.29) is 23.7 Å². The second-order valence-corrected chi connectivity index (χ2v) is 7.50.